The number of benzene rings is 3. The average molecular weight is 319 g/mol. The second-order valence-corrected chi connectivity index (χ2v) is 5.85. The number of rotatable bonds is 5. The summed E-state index contributed by atoms with van der Waals surface area (Å²) >= 11 is 0. The fourth-order valence-electron chi connectivity index (χ4n) is 2.72. The number of hydrogen-bond acceptors (Lipinski definition) is 2. The van der Waals surface area contributed by atoms with Crippen LogP contribution in [-0.2, 0) is 4.79 Å². The van der Waals surface area contributed by atoms with Gasteiger partial charge in [-0.05, 0) is 42.5 Å². The molecule has 3 aromatic rings. The van der Waals surface area contributed by atoms with Gasteiger partial charge in [-0.2, -0.15) is 0 Å². The molecule has 0 unspecified atom stereocenters. The van der Waals surface area contributed by atoms with E-state index in [4.69, 9.17) is 4.74 Å². The van der Waals surface area contributed by atoms with Gasteiger partial charge in [0.2, 0.25) is 0 Å². The topological polar surface area (TPSA) is 38.3 Å². The first-order chi connectivity index (χ1) is 11.7. The molecule has 0 aliphatic heterocycles. The van der Waals surface area contributed by atoms with Crippen LogP contribution in [0.15, 0.2) is 66.7 Å². The predicted molar refractivity (Wildman–Crippen MR) is 98.5 cm³/mol. The molecule has 1 amide bonds. The highest BCUT2D eigenvalue weighted by atomic mass is 16.5. The summed E-state index contributed by atoms with van der Waals surface area (Å²) in [6.07, 6.45) is 0.0793. The summed E-state index contributed by atoms with van der Waals surface area (Å²) in [5.41, 5.74) is 1.92. The van der Waals surface area contributed by atoms with Crippen molar-refractivity contribution >= 4 is 22.4 Å². The first-order valence-corrected chi connectivity index (χ1v) is 8.19. The SMILES string of the molecule is CC[C@H](Oc1cccc(C)c1)C(=O)Nc1cccc2ccccc12. The summed E-state index contributed by atoms with van der Waals surface area (Å²) in [6, 6.07) is 21.6. The number of fused-ring (bicyclic) bond motifs is 1. The molecule has 0 fully saturated rings. The molecule has 0 saturated heterocycles. The van der Waals surface area contributed by atoms with E-state index in [1.54, 1.807) is 0 Å². The Morgan fingerprint density at radius 3 is 2.58 bits per heavy atom. The van der Waals surface area contributed by atoms with Gasteiger partial charge in [0.1, 0.15) is 5.75 Å². The number of carbonyl (C=O) groups excluding carboxylic acids is 1. The molecule has 122 valence electrons. The summed E-state index contributed by atoms with van der Waals surface area (Å²) < 4.78 is 5.88. The molecular weight excluding hydrogens is 298 g/mol. The van der Waals surface area contributed by atoms with Gasteiger partial charge in [-0.1, -0.05) is 55.5 Å². The highest BCUT2D eigenvalue weighted by molar-refractivity contribution is 6.03. The van der Waals surface area contributed by atoms with Crippen molar-refractivity contribution in [1.29, 1.82) is 0 Å². The van der Waals surface area contributed by atoms with Crippen molar-refractivity contribution in [2.75, 3.05) is 5.32 Å². The van der Waals surface area contributed by atoms with Crippen LogP contribution in [0.1, 0.15) is 18.9 Å². The van der Waals surface area contributed by atoms with Crippen molar-refractivity contribution in [3.8, 4) is 5.75 Å². The second kappa shape index (κ2) is 7.18. The number of aryl methyl sites for hydroxylation is 1. The van der Waals surface area contributed by atoms with Crippen LogP contribution < -0.4 is 10.1 Å². The van der Waals surface area contributed by atoms with Crippen LogP contribution in [-0.4, -0.2) is 12.0 Å². The molecule has 0 bridgehead atoms. The van der Waals surface area contributed by atoms with E-state index in [0.29, 0.717) is 6.42 Å². The van der Waals surface area contributed by atoms with Gasteiger partial charge in [-0.15, -0.1) is 0 Å². The average Bonchev–Trinajstić information content (AvgIpc) is 2.60. The van der Waals surface area contributed by atoms with Gasteiger partial charge in [0.15, 0.2) is 6.10 Å². The molecule has 0 heterocycles. The second-order valence-electron chi connectivity index (χ2n) is 5.85. The Morgan fingerprint density at radius 1 is 1.04 bits per heavy atom. The Kier molecular flexibility index (Phi) is 4.80. The quantitative estimate of drug-likeness (QED) is 0.723. The monoisotopic (exact) mass is 319 g/mol. The van der Waals surface area contributed by atoms with Crippen LogP contribution in [0.4, 0.5) is 5.69 Å². The molecule has 3 rings (SSSR count). The fourth-order valence-corrected chi connectivity index (χ4v) is 2.72. The molecule has 3 aromatic carbocycles. The van der Waals surface area contributed by atoms with Crippen molar-refractivity contribution in [3.63, 3.8) is 0 Å². The highest BCUT2D eigenvalue weighted by Crippen LogP contribution is 2.24. The Morgan fingerprint density at radius 2 is 1.79 bits per heavy atom. The number of amides is 1. The van der Waals surface area contributed by atoms with Crippen LogP contribution >= 0.6 is 0 Å². The van der Waals surface area contributed by atoms with Gasteiger partial charge in [0.25, 0.3) is 5.91 Å². The Balaban J connectivity index is 1.79. The summed E-state index contributed by atoms with van der Waals surface area (Å²) in [4.78, 5) is 12.6. The molecule has 0 aliphatic carbocycles. The predicted octanol–water partition coefficient (Wildman–Crippen LogP) is 4.94. The van der Waals surface area contributed by atoms with Gasteiger partial charge in [-0.3, -0.25) is 4.79 Å². The van der Waals surface area contributed by atoms with Crippen molar-refractivity contribution in [1.82, 2.24) is 0 Å². The van der Waals surface area contributed by atoms with Crippen LogP contribution in [0.5, 0.6) is 5.75 Å². The van der Waals surface area contributed by atoms with E-state index in [0.717, 1.165) is 27.8 Å². The first kappa shape index (κ1) is 16.1. The molecule has 0 radical (unpaired) electrons. The maximum absolute atomic E-state index is 12.6. The third-order valence-corrected chi connectivity index (χ3v) is 3.98. The Hall–Kier alpha value is -2.81. The molecule has 1 N–H and O–H groups in total. The van der Waals surface area contributed by atoms with Crippen LogP contribution in [0.25, 0.3) is 10.8 Å². The third kappa shape index (κ3) is 3.57. The van der Waals surface area contributed by atoms with Crippen molar-refractivity contribution in [3.05, 3.63) is 72.3 Å². The Labute approximate surface area is 142 Å². The number of nitrogens with one attached hydrogen (secondary N) is 1. The van der Waals surface area contributed by atoms with E-state index in [1.807, 2.05) is 80.6 Å². The molecular formula is C21H21NO2. The van der Waals surface area contributed by atoms with Crippen molar-refractivity contribution in [2.24, 2.45) is 0 Å². The van der Waals surface area contributed by atoms with E-state index in [9.17, 15) is 4.79 Å². The lowest BCUT2D eigenvalue weighted by Crippen LogP contribution is -2.32. The molecule has 0 aliphatic rings. The number of hydrogen-bond donors (Lipinski definition) is 1. The van der Waals surface area contributed by atoms with E-state index >= 15 is 0 Å². The lowest BCUT2D eigenvalue weighted by Gasteiger charge is -2.18. The van der Waals surface area contributed by atoms with E-state index in [1.165, 1.54) is 0 Å². The number of anilines is 1. The summed E-state index contributed by atoms with van der Waals surface area (Å²) in [5.74, 6) is 0.588. The van der Waals surface area contributed by atoms with E-state index < -0.39 is 6.10 Å². The molecule has 0 spiro atoms. The van der Waals surface area contributed by atoms with Gasteiger partial charge in [0, 0.05) is 11.1 Å². The largest absolute Gasteiger partial charge is 0.481 e. The van der Waals surface area contributed by atoms with Crippen LogP contribution in [0.3, 0.4) is 0 Å². The minimum absolute atomic E-state index is 0.129. The zero-order valence-corrected chi connectivity index (χ0v) is 14.0. The lowest BCUT2D eigenvalue weighted by atomic mass is 10.1. The van der Waals surface area contributed by atoms with Gasteiger partial charge in [-0.25, -0.2) is 0 Å². The van der Waals surface area contributed by atoms with Crippen molar-refractivity contribution in [2.45, 2.75) is 26.4 Å². The maximum Gasteiger partial charge on any atom is 0.265 e. The molecule has 3 heteroatoms. The summed E-state index contributed by atoms with van der Waals surface area (Å²) in [5, 5.41) is 5.13. The van der Waals surface area contributed by atoms with Gasteiger partial charge >= 0.3 is 0 Å². The molecule has 3 nitrogen and oxygen atoms in total. The number of carbonyl (C=O) groups is 1. The maximum atomic E-state index is 12.6. The minimum Gasteiger partial charge on any atom is -0.481 e. The van der Waals surface area contributed by atoms with Crippen LogP contribution in [0, 0.1) is 6.92 Å². The van der Waals surface area contributed by atoms with Gasteiger partial charge in [0.05, 0.1) is 0 Å². The number of ether oxygens (including phenoxy) is 1. The highest BCUT2D eigenvalue weighted by Gasteiger charge is 2.19. The molecule has 0 saturated carbocycles. The minimum atomic E-state index is -0.522. The zero-order valence-electron chi connectivity index (χ0n) is 14.0. The van der Waals surface area contributed by atoms with E-state index in [-0.39, 0.29) is 5.91 Å². The zero-order chi connectivity index (χ0) is 16.9. The van der Waals surface area contributed by atoms with E-state index in [2.05, 4.69) is 5.32 Å². The lowest BCUT2D eigenvalue weighted by molar-refractivity contribution is -0.122. The van der Waals surface area contributed by atoms with Crippen molar-refractivity contribution < 1.29 is 9.53 Å². The summed E-state index contributed by atoms with van der Waals surface area (Å²) in [6.45, 7) is 3.95. The first-order valence-electron chi connectivity index (χ1n) is 8.19. The smallest absolute Gasteiger partial charge is 0.265 e. The molecule has 1 atom stereocenters. The standard InChI is InChI=1S/C21H21NO2/c1-3-20(24-17-11-6-8-15(2)14-17)21(23)22-19-13-7-10-16-9-4-5-12-18(16)19/h4-14,20H,3H2,1-2H3,(H,22,23)/t20-/m0/s1. The Bertz CT molecular complexity index is 852. The third-order valence-electron chi connectivity index (χ3n) is 3.98. The van der Waals surface area contributed by atoms with Crippen LogP contribution in [0.2, 0.25) is 0 Å². The fraction of sp³-hybridized carbons (Fsp3) is 0.190. The summed E-state index contributed by atoms with van der Waals surface area (Å²) in [7, 11) is 0. The molecule has 0 aromatic heterocycles. The normalized spacial score (nSPS) is 11.9. The molecule has 24 heavy (non-hydrogen) atoms. The van der Waals surface area contributed by atoms with Gasteiger partial charge < -0.3 is 10.1 Å².